The Labute approximate surface area is 188 Å². The first kappa shape index (κ1) is 22.9. The van der Waals surface area contributed by atoms with Crippen LogP contribution >= 0.6 is 35.6 Å². The van der Waals surface area contributed by atoms with E-state index in [1.54, 1.807) is 12.1 Å². The van der Waals surface area contributed by atoms with Crippen LogP contribution in [0.4, 0.5) is 4.39 Å². The maximum Gasteiger partial charge on any atom is 0.193 e. The number of aliphatic imine (C=N–C) groups is 1. The summed E-state index contributed by atoms with van der Waals surface area (Å²) in [5.41, 5.74) is 0.530. The van der Waals surface area contributed by atoms with Gasteiger partial charge < -0.3 is 14.8 Å². The molecule has 0 spiro atoms. The summed E-state index contributed by atoms with van der Waals surface area (Å²) in [5.74, 6) is 1.19. The number of likely N-dealkylation sites (tertiary alicyclic amines) is 1. The van der Waals surface area contributed by atoms with E-state index in [-0.39, 0.29) is 29.8 Å². The molecule has 8 heteroatoms. The van der Waals surface area contributed by atoms with Crippen molar-refractivity contribution in [1.29, 1.82) is 0 Å². The lowest BCUT2D eigenvalue weighted by atomic mass is 9.93. The van der Waals surface area contributed by atoms with Crippen LogP contribution in [0, 0.1) is 11.7 Å². The second-order valence-electron chi connectivity index (χ2n) is 6.98. The third-order valence-corrected chi connectivity index (χ3v) is 5.50. The lowest BCUT2D eigenvalue weighted by Crippen LogP contribution is -2.49. The molecule has 0 aliphatic carbocycles. The van der Waals surface area contributed by atoms with E-state index in [0.29, 0.717) is 35.5 Å². The summed E-state index contributed by atoms with van der Waals surface area (Å²) in [6, 6.07) is 5.15. The van der Waals surface area contributed by atoms with Gasteiger partial charge in [0, 0.05) is 49.2 Å². The first-order chi connectivity index (χ1) is 13.1. The molecule has 0 amide bonds. The minimum atomic E-state index is -0.269. The second-order valence-corrected chi connectivity index (χ2v) is 7.38. The number of rotatable bonds is 5. The molecule has 1 aromatic carbocycles. The van der Waals surface area contributed by atoms with Gasteiger partial charge in [-0.2, -0.15) is 0 Å². The van der Waals surface area contributed by atoms with Crippen LogP contribution in [-0.4, -0.2) is 46.6 Å². The van der Waals surface area contributed by atoms with E-state index in [4.69, 9.17) is 16.6 Å². The van der Waals surface area contributed by atoms with Gasteiger partial charge in [-0.05, 0) is 37.8 Å². The number of guanidine groups is 1. The molecule has 1 fully saturated rings. The molecule has 1 N–H and O–H groups in total. The van der Waals surface area contributed by atoms with Crippen molar-refractivity contribution in [2.24, 2.45) is 10.9 Å². The average Bonchev–Trinajstić information content (AvgIpc) is 3.18. The summed E-state index contributed by atoms with van der Waals surface area (Å²) in [6.07, 6.45) is 7.30. The van der Waals surface area contributed by atoms with Gasteiger partial charge in [0.25, 0.3) is 0 Å². The third kappa shape index (κ3) is 5.59. The van der Waals surface area contributed by atoms with Crippen LogP contribution in [0.25, 0.3) is 0 Å². The highest BCUT2D eigenvalue weighted by atomic mass is 127. The highest BCUT2D eigenvalue weighted by Crippen LogP contribution is 2.27. The van der Waals surface area contributed by atoms with E-state index in [0.717, 1.165) is 32.0 Å². The summed E-state index contributed by atoms with van der Waals surface area (Å²) >= 11 is 6.12. The van der Waals surface area contributed by atoms with E-state index in [9.17, 15) is 4.39 Å². The fraction of sp³-hybridized carbons (Fsp3) is 0.500. The predicted molar refractivity (Wildman–Crippen MR) is 123 cm³/mol. The first-order valence-electron chi connectivity index (χ1n) is 9.53. The van der Waals surface area contributed by atoms with Gasteiger partial charge in [-0.15, -0.1) is 24.0 Å². The van der Waals surface area contributed by atoms with E-state index >= 15 is 0 Å². The molecule has 28 heavy (non-hydrogen) atoms. The standard InChI is InChI=1S/C20H27ClFN5.HI/c1-3-24-20(25-9-7-16-17(21)5-4-6-18(16)22)26-11-8-15(2)19(13-26)27-12-10-23-14-27;/h4-6,10,12,14-15,19H,3,7-9,11,13H2,1-2H3,(H,24,25);1H. The van der Waals surface area contributed by atoms with Crippen molar-refractivity contribution >= 4 is 41.5 Å². The lowest BCUT2D eigenvalue weighted by molar-refractivity contribution is 0.189. The Balaban J connectivity index is 0.00000280. The fourth-order valence-electron chi connectivity index (χ4n) is 3.57. The summed E-state index contributed by atoms with van der Waals surface area (Å²) in [4.78, 5) is 11.2. The largest absolute Gasteiger partial charge is 0.357 e. The molecule has 0 saturated carbocycles. The van der Waals surface area contributed by atoms with Gasteiger partial charge in [-0.1, -0.05) is 24.6 Å². The zero-order valence-corrected chi connectivity index (χ0v) is 19.4. The van der Waals surface area contributed by atoms with Crippen molar-refractivity contribution in [3.8, 4) is 0 Å². The molecule has 0 radical (unpaired) electrons. The normalized spacial score (nSPS) is 20.0. The Morgan fingerprint density at radius 1 is 1.43 bits per heavy atom. The number of nitrogens with one attached hydrogen (secondary N) is 1. The predicted octanol–water partition coefficient (Wildman–Crippen LogP) is 4.38. The Kier molecular flexibility index (Phi) is 9.01. The summed E-state index contributed by atoms with van der Waals surface area (Å²) < 4.78 is 16.1. The van der Waals surface area contributed by atoms with Crippen molar-refractivity contribution in [2.75, 3.05) is 26.2 Å². The molecular formula is C20H28ClFIN5. The molecule has 2 heterocycles. The zero-order chi connectivity index (χ0) is 19.2. The van der Waals surface area contributed by atoms with Crippen molar-refractivity contribution in [3.63, 3.8) is 0 Å². The SMILES string of the molecule is CCNC(=NCCc1c(F)cccc1Cl)N1CCC(C)C(n2ccnc2)C1.I. The second kappa shape index (κ2) is 11.0. The van der Waals surface area contributed by atoms with Gasteiger partial charge in [-0.3, -0.25) is 4.99 Å². The number of piperidine rings is 1. The Bertz CT molecular complexity index is 748. The third-order valence-electron chi connectivity index (χ3n) is 5.15. The maximum atomic E-state index is 14.0. The zero-order valence-electron chi connectivity index (χ0n) is 16.3. The first-order valence-corrected chi connectivity index (χ1v) is 9.91. The van der Waals surface area contributed by atoms with E-state index < -0.39 is 0 Å². The van der Waals surface area contributed by atoms with Gasteiger partial charge in [0.15, 0.2) is 5.96 Å². The van der Waals surface area contributed by atoms with Crippen LogP contribution in [0.5, 0.6) is 0 Å². The summed E-state index contributed by atoms with van der Waals surface area (Å²) in [6.45, 7) is 7.46. The van der Waals surface area contributed by atoms with E-state index in [2.05, 4.69) is 33.6 Å². The molecule has 1 aliphatic rings. The van der Waals surface area contributed by atoms with Crippen molar-refractivity contribution < 1.29 is 4.39 Å². The summed E-state index contributed by atoms with van der Waals surface area (Å²) in [5, 5.41) is 3.83. The number of benzene rings is 1. The minimum absolute atomic E-state index is 0. The van der Waals surface area contributed by atoms with Crippen LogP contribution in [0.15, 0.2) is 41.9 Å². The number of hydrogen-bond donors (Lipinski definition) is 1. The smallest absolute Gasteiger partial charge is 0.193 e. The minimum Gasteiger partial charge on any atom is -0.357 e. The number of aromatic nitrogens is 2. The molecule has 2 aromatic rings. The number of halogens is 3. The Morgan fingerprint density at radius 2 is 2.25 bits per heavy atom. The van der Waals surface area contributed by atoms with Gasteiger partial charge in [-0.25, -0.2) is 9.37 Å². The number of imidazole rings is 1. The van der Waals surface area contributed by atoms with Crippen LogP contribution in [-0.2, 0) is 6.42 Å². The Hall–Kier alpha value is -1.35. The molecule has 3 rings (SSSR count). The van der Waals surface area contributed by atoms with Gasteiger partial charge in [0.1, 0.15) is 5.82 Å². The van der Waals surface area contributed by atoms with Gasteiger partial charge >= 0.3 is 0 Å². The molecule has 1 saturated heterocycles. The Morgan fingerprint density at radius 3 is 2.93 bits per heavy atom. The molecule has 154 valence electrons. The van der Waals surface area contributed by atoms with Crippen molar-refractivity contribution in [3.05, 3.63) is 53.3 Å². The molecule has 1 aliphatic heterocycles. The number of hydrogen-bond acceptors (Lipinski definition) is 2. The highest BCUT2D eigenvalue weighted by Gasteiger charge is 2.28. The van der Waals surface area contributed by atoms with Crippen LogP contribution in [0.3, 0.4) is 0 Å². The average molecular weight is 520 g/mol. The lowest BCUT2D eigenvalue weighted by Gasteiger charge is -2.39. The molecule has 2 atom stereocenters. The molecular weight excluding hydrogens is 492 g/mol. The fourth-order valence-corrected chi connectivity index (χ4v) is 3.82. The van der Waals surface area contributed by atoms with Gasteiger partial charge in [0.05, 0.1) is 12.4 Å². The van der Waals surface area contributed by atoms with Crippen molar-refractivity contribution in [2.45, 2.75) is 32.7 Å². The van der Waals surface area contributed by atoms with Crippen LogP contribution < -0.4 is 5.32 Å². The molecule has 5 nitrogen and oxygen atoms in total. The summed E-state index contributed by atoms with van der Waals surface area (Å²) in [7, 11) is 0. The van der Waals surface area contributed by atoms with Crippen molar-refractivity contribution in [1.82, 2.24) is 19.8 Å². The number of nitrogens with zero attached hydrogens (tertiary/aromatic N) is 4. The van der Waals surface area contributed by atoms with Gasteiger partial charge in [0.2, 0.25) is 0 Å². The topological polar surface area (TPSA) is 45.5 Å². The quantitative estimate of drug-likeness (QED) is 0.362. The highest BCUT2D eigenvalue weighted by molar-refractivity contribution is 14.0. The molecule has 1 aromatic heterocycles. The molecule has 2 unspecified atom stereocenters. The monoisotopic (exact) mass is 519 g/mol. The van der Waals surface area contributed by atoms with Crippen LogP contribution in [0.2, 0.25) is 5.02 Å². The van der Waals surface area contributed by atoms with E-state index in [1.807, 2.05) is 18.7 Å². The van der Waals surface area contributed by atoms with E-state index in [1.165, 1.54) is 6.07 Å². The maximum absolute atomic E-state index is 14.0. The van der Waals surface area contributed by atoms with Crippen LogP contribution in [0.1, 0.15) is 31.9 Å². The molecule has 0 bridgehead atoms.